The number of halogens is 1. The minimum absolute atomic E-state index is 0.0422. The van der Waals surface area contributed by atoms with Crippen molar-refractivity contribution in [2.24, 2.45) is 0 Å². The third kappa shape index (κ3) is 3.02. The van der Waals surface area contributed by atoms with Gasteiger partial charge in [-0.1, -0.05) is 0 Å². The number of non-ortho nitro benzene ring substituents is 1. The number of benzene rings is 1. The number of hydrogen-bond acceptors (Lipinski definition) is 5. The van der Waals surface area contributed by atoms with Crippen LogP contribution < -0.4 is 0 Å². The molecule has 1 N–H and O–H groups in total. The molecule has 0 unspecified atom stereocenters. The molecular formula is C12H12FN5O3. The Morgan fingerprint density at radius 1 is 1.52 bits per heavy atom. The van der Waals surface area contributed by atoms with Gasteiger partial charge in [0.15, 0.2) is 0 Å². The van der Waals surface area contributed by atoms with Crippen LogP contribution in [0, 0.1) is 22.9 Å². The van der Waals surface area contributed by atoms with Gasteiger partial charge in [-0.15, -0.1) is 0 Å². The summed E-state index contributed by atoms with van der Waals surface area (Å²) in [6.45, 7) is 1.45. The maximum atomic E-state index is 14.0. The van der Waals surface area contributed by atoms with Crippen LogP contribution in [0.5, 0.6) is 0 Å². The van der Waals surface area contributed by atoms with Gasteiger partial charge >= 0.3 is 0 Å². The summed E-state index contributed by atoms with van der Waals surface area (Å²) in [5.74, 6) is -1.01. The minimum atomic E-state index is -0.769. The van der Waals surface area contributed by atoms with Gasteiger partial charge < -0.3 is 4.90 Å². The lowest BCUT2D eigenvalue weighted by atomic mass is 10.1. The zero-order valence-electron chi connectivity index (χ0n) is 11.3. The van der Waals surface area contributed by atoms with E-state index < -0.39 is 16.6 Å². The van der Waals surface area contributed by atoms with Crippen molar-refractivity contribution in [1.29, 1.82) is 0 Å². The van der Waals surface area contributed by atoms with Crippen molar-refractivity contribution in [2.75, 3.05) is 7.05 Å². The monoisotopic (exact) mass is 293 g/mol. The highest BCUT2D eigenvalue weighted by Gasteiger charge is 2.22. The predicted octanol–water partition coefficient (Wildman–Crippen LogP) is 1.43. The average Bonchev–Trinajstić information content (AvgIpc) is 2.93. The van der Waals surface area contributed by atoms with Crippen LogP contribution in [-0.4, -0.2) is 38.0 Å². The number of nitro groups is 1. The minimum Gasteiger partial charge on any atom is -0.334 e. The first-order chi connectivity index (χ1) is 9.90. The molecule has 0 bridgehead atoms. The molecule has 1 heterocycles. The fourth-order valence-electron chi connectivity index (χ4n) is 1.82. The maximum absolute atomic E-state index is 14.0. The lowest BCUT2D eigenvalue weighted by molar-refractivity contribution is -0.385. The molecule has 0 atom stereocenters. The molecule has 0 saturated heterocycles. The Kier molecular flexibility index (Phi) is 3.92. The second-order valence-electron chi connectivity index (χ2n) is 4.47. The smallest absolute Gasteiger partial charge is 0.270 e. The summed E-state index contributed by atoms with van der Waals surface area (Å²) in [4.78, 5) is 27.4. The molecule has 0 saturated carbocycles. The number of aromatic amines is 1. The Bertz CT molecular complexity index is 686. The van der Waals surface area contributed by atoms with E-state index in [4.69, 9.17) is 0 Å². The van der Waals surface area contributed by atoms with Crippen molar-refractivity contribution < 1.29 is 14.1 Å². The lowest BCUT2D eigenvalue weighted by Crippen LogP contribution is -2.28. The van der Waals surface area contributed by atoms with Crippen LogP contribution in [0.15, 0.2) is 18.5 Å². The quantitative estimate of drug-likeness (QED) is 0.678. The predicted molar refractivity (Wildman–Crippen MR) is 70.0 cm³/mol. The van der Waals surface area contributed by atoms with Crippen molar-refractivity contribution in [3.8, 4) is 0 Å². The van der Waals surface area contributed by atoms with Gasteiger partial charge in [0, 0.05) is 19.2 Å². The largest absolute Gasteiger partial charge is 0.334 e. The molecule has 0 spiro atoms. The van der Waals surface area contributed by atoms with E-state index >= 15 is 0 Å². The normalized spacial score (nSPS) is 10.4. The van der Waals surface area contributed by atoms with Crippen molar-refractivity contribution in [3.63, 3.8) is 0 Å². The van der Waals surface area contributed by atoms with Crippen molar-refractivity contribution >= 4 is 11.6 Å². The van der Waals surface area contributed by atoms with Crippen molar-refractivity contribution in [1.82, 2.24) is 20.1 Å². The number of nitrogens with one attached hydrogen (secondary N) is 1. The summed E-state index contributed by atoms with van der Waals surface area (Å²) in [5.41, 5.74) is -0.630. The Morgan fingerprint density at radius 3 is 2.81 bits per heavy atom. The highest BCUT2D eigenvalue weighted by molar-refractivity contribution is 5.95. The summed E-state index contributed by atoms with van der Waals surface area (Å²) < 4.78 is 14.0. The maximum Gasteiger partial charge on any atom is 0.270 e. The number of nitro benzene ring substituents is 1. The number of carbonyl (C=O) groups excluding carboxylic acids is 1. The number of H-pyrrole nitrogens is 1. The molecule has 0 fully saturated rings. The summed E-state index contributed by atoms with van der Waals surface area (Å²) in [6, 6.07) is 2.02. The van der Waals surface area contributed by atoms with Crippen molar-refractivity contribution in [2.45, 2.75) is 13.5 Å². The topological polar surface area (TPSA) is 105 Å². The molecular weight excluding hydrogens is 281 g/mol. The molecule has 0 aliphatic rings. The van der Waals surface area contributed by atoms with Crippen LogP contribution >= 0.6 is 0 Å². The van der Waals surface area contributed by atoms with Crippen molar-refractivity contribution in [3.05, 3.63) is 51.3 Å². The third-order valence-corrected chi connectivity index (χ3v) is 2.88. The van der Waals surface area contributed by atoms with Crippen LogP contribution in [0.25, 0.3) is 0 Å². The molecule has 2 aromatic rings. The molecule has 1 aromatic heterocycles. The molecule has 2 rings (SSSR count). The molecule has 0 radical (unpaired) electrons. The van der Waals surface area contributed by atoms with E-state index in [2.05, 4.69) is 15.2 Å². The van der Waals surface area contributed by atoms with Gasteiger partial charge in [-0.2, -0.15) is 5.10 Å². The second-order valence-corrected chi connectivity index (χ2v) is 4.47. The first kappa shape index (κ1) is 14.6. The van der Waals surface area contributed by atoms with Crippen LogP contribution in [0.1, 0.15) is 21.7 Å². The molecule has 1 aromatic carbocycles. The lowest BCUT2D eigenvalue weighted by Gasteiger charge is -2.16. The highest BCUT2D eigenvalue weighted by Crippen LogP contribution is 2.22. The van der Waals surface area contributed by atoms with E-state index in [-0.39, 0.29) is 23.4 Å². The molecule has 8 nitrogen and oxygen atoms in total. The first-order valence-electron chi connectivity index (χ1n) is 5.94. The van der Waals surface area contributed by atoms with Gasteiger partial charge in [-0.3, -0.25) is 20.0 Å². The van der Waals surface area contributed by atoms with Gasteiger partial charge in [0.05, 0.1) is 17.0 Å². The Labute approximate surface area is 118 Å². The van der Waals surface area contributed by atoms with Gasteiger partial charge in [-0.05, 0) is 12.5 Å². The average molecular weight is 293 g/mol. The molecule has 0 aliphatic carbocycles. The van der Waals surface area contributed by atoms with Gasteiger partial charge in [0.1, 0.15) is 18.0 Å². The number of aryl methyl sites for hydroxylation is 1. The number of amides is 1. The Balaban J connectivity index is 2.31. The fourth-order valence-corrected chi connectivity index (χ4v) is 1.82. The molecule has 9 heteroatoms. The number of nitrogens with zero attached hydrogens (tertiary/aromatic N) is 4. The zero-order chi connectivity index (χ0) is 15.6. The van der Waals surface area contributed by atoms with E-state index in [1.165, 1.54) is 25.2 Å². The van der Waals surface area contributed by atoms with Gasteiger partial charge in [0.25, 0.3) is 11.6 Å². The van der Waals surface area contributed by atoms with E-state index in [1.54, 1.807) is 0 Å². The van der Waals surface area contributed by atoms with Gasteiger partial charge in [0.2, 0.25) is 0 Å². The molecule has 0 aliphatic heterocycles. The van der Waals surface area contributed by atoms with Crippen LogP contribution in [0.3, 0.4) is 0 Å². The summed E-state index contributed by atoms with van der Waals surface area (Å²) >= 11 is 0. The van der Waals surface area contributed by atoms with E-state index in [9.17, 15) is 19.3 Å². The van der Waals surface area contributed by atoms with Crippen LogP contribution in [0.4, 0.5) is 10.1 Å². The number of rotatable bonds is 4. The van der Waals surface area contributed by atoms with E-state index in [0.29, 0.717) is 5.82 Å². The number of hydrogen-bond donors (Lipinski definition) is 1. The van der Waals surface area contributed by atoms with E-state index in [0.717, 1.165) is 12.1 Å². The number of aromatic nitrogens is 3. The molecule has 110 valence electrons. The SMILES string of the molecule is Cc1cc([N+](=O)[O-])cc(C(=O)N(C)Cc2ncn[nH]2)c1F. The first-order valence-corrected chi connectivity index (χ1v) is 5.94. The third-order valence-electron chi connectivity index (χ3n) is 2.88. The molecule has 1 amide bonds. The fraction of sp³-hybridized carbons (Fsp3) is 0.250. The Morgan fingerprint density at radius 2 is 2.24 bits per heavy atom. The second kappa shape index (κ2) is 5.65. The summed E-state index contributed by atoms with van der Waals surface area (Å²) in [5, 5.41) is 17.0. The van der Waals surface area contributed by atoms with E-state index in [1.807, 2.05) is 0 Å². The Hall–Kier alpha value is -2.84. The standard InChI is InChI=1S/C12H12FN5O3/c1-7-3-8(18(20)21)4-9(11(7)13)12(19)17(2)5-10-14-6-15-16-10/h3-4,6H,5H2,1-2H3,(H,14,15,16). The van der Waals surface area contributed by atoms with Crippen LogP contribution in [-0.2, 0) is 6.54 Å². The number of carbonyl (C=O) groups is 1. The zero-order valence-corrected chi connectivity index (χ0v) is 11.3. The summed E-state index contributed by atoms with van der Waals surface area (Å²) in [7, 11) is 1.44. The summed E-state index contributed by atoms with van der Waals surface area (Å²) in [6.07, 6.45) is 1.28. The highest BCUT2D eigenvalue weighted by atomic mass is 19.1. The molecule has 21 heavy (non-hydrogen) atoms. The van der Waals surface area contributed by atoms with Gasteiger partial charge in [-0.25, -0.2) is 9.37 Å². The van der Waals surface area contributed by atoms with Crippen LogP contribution in [0.2, 0.25) is 0 Å².